The van der Waals surface area contributed by atoms with Crippen LogP contribution in [0.15, 0.2) is 11.6 Å². The summed E-state index contributed by atoms with van der Waals surface area (Å²) in [7, 11) is 0. The van der Waals surface area contributed by atoms with Crippen molar-refractivity contribution >= 4 is 11.8 Å². The number of carboxylic acid groups (broad SMARTS) is 1. The van der Waals surface area contributed by atoms with Gasteiger partial charge in [-0.05, 0) is 98.7 Å². The van der Waals surface area contributed by atoms with E-state index < -0.39 is 11.4 Å². The summed E-state index contributed by atoms with van der Waals surface area (Å²) in [6.45, 7) is 14.0. The van der Waals surface area contributed by atoms with E-state index in [1.54, 1.807) is 0 Å². The number of allylic oxidation sites excluding steroid dienone is 2. The number of carbonyl (C=O) groups is 2. The van der Waals surface area contributed by atoms with Gasteiger partial charge >= 0.3 is 5.97 Å². The fourth-order valence-electron chi connectivity index (χ4n) is 10.5. The molecule has 0 aromatic heterocycles. The average molecular weight is 471 g/mol. The maximum Gasteiger partial charge on any atom is 0.309 e. The van der Waals surface area contributed by atoms with E-state index in [0.29, 0.717) is 36.9 Å². The van der Waals surface area contributed by atoms with Crippen LogP contribution in [-0.4, -0.2) is 28.6 Å². The zero-order valence-corrected chi connectivity index (χ0v) is 22.3. The molecule has 4 fully saturated rings. The van der Waals surface area contributed by atoms with Gasteiger partial charge < -0.3 is 10.2 Å². The van der Waals surface area contributed by atoms with Crippen LogP contribution in [0.5, 0.6) is 0 Å². The highest BCUT2D eigenvalue weighted by molar-refractivity contribution is 5.85. The second-order valence-corrected chi connectivity index (χ2v) is 14.6. The molecule has 0 spiro atoms. The lowest BCUT2D eigenvalue weighted by molar-refractivity contribution is -0.188. The minimum Gasteiger partial charge on any atom is -0.481 e. The van der Waals surface area contributed by atoms with Gasteiger partial charge in [0.15, 0.2) is 0 Å². The zero-order chi connectivity index (χ0) is 24.9. The third kappa shape index (κ3) is 2.81. The summed E-state index contributed by atoms with van der Waals surface area (Å²) in [6, 6.07) is 0. The van der Waals surface area contributed by atoms with Crippen molar-refractivity contribution in [3.05, 3.63) is 11.6 Å². The maximum atomic E-state index is 12.9. The highest BCUT2D eigenvalue weighted by Crippen LogP contribution is 2.75. The lowest BCUT2D eigenvalue weighted by Gasteiger charge is -2.70. The SMILES string of the molecule is CC1(C)C(=O)CC[C@]2(C)[C@H]3CC=C4[C@@H]5C[C@](C)(C(=O)O)CC[C@]5(CO)CC[C@@]4(C)[C@]3(C)CC[C@@H]12. The van der Waals surface area contributed by atoms with Crippen molar-refractivity contribution in [1.82, 2.24) is 0 Å². The van der Waals surface area contributed by atoms with Gasteiger partial charge in [0.25, 0.3) is 0 Å². The van der Waals surface area contributed by atoms with E-state index in [9.17, 15) is 19.8 Å². The lowest BCUT2D eigenvalue weighted by atomic mass is 9.33. The summed E-state index contributed by atoms with van der Waals surface area (Å²) in [4.78, 5) is 25.2. The Bertz CT molecular complexity index is 949. The van der Waals surface area contributed by atoms with Crippen LogP contribution in [0.25, 0.3) is 0 Å². The van der Waals surface area contributed by atoms with E-state index >= 15 is 0 Å². The molecule has 4 saturated carbocycles. The first-order valence-corrected chi connectivity index (χ1v) is 13.8. The molecule has 5 rings (SSSR count). The lowest BCUT2D eigenvalue weighted by Crippen LogP contribution is -2.64. The van der Waals surface area contributed by atoms with Crippen molar-refractivity contribution in [3.63, 3.8) is 0 Å². The van der Waals surface area contributed by atoms with E-state index in [1.807, 2.05) is 6.92 Å². The smallest absolute Gasteiger partial charge is 0.309 e. The van der Waals surface area contributed by atoms with Crippen molar-refractivity contribution in [2.75, 3.05) is 6.61 Å². The Hall–Kier alpha value is -1.16. The molecule has 0 unspecified atom stereocenters. The number of fused-ring (bicyclic) bond motifs is 7. The molecule has 0 radical (unpaired) electrons. The quantitative estimate of drug-likeness (QED) is 0.457. The molecule has 8 atom stereocenters. The molecule has 0 aromatic carbocycles. The van der Waals surface area contributed by atoms with Gasteiger partial charge in [0.2, 0.25) is 0 Å². The van der Waals surface area contributed by atoms with Crippen molar-refractivity contribution < 1.29 is 19.8 Å². The van der Waals surface area contributed by atoms with Gasteiger partial charge in [-0.25, -0.2) is 0 Å². The largest absolute Gasteiger partial charge is 0.481 e. The number of hydrogen-bond acceptors (Lipinski definition) is 3. The van der Waals surface area contributed by atoms with Crippen molar-refractivity contribution in [2.45, 2.75) is 106 Å². The Morgan fingerprint density at radius 2 is 1.65 bits per heavy atom. The monoisotopic (exact) mass is 470 g/mol. The Morgan fingerprint density at radius 3 is 2.29 bits per heavy atom. The summed E-state index contributed by atoms with van der Waals surface area (Å²) >= 11 is 0. The molecule has 4 nitrogen and oxygen atoms in total. The molecule has 5 aliphatic rings. The predicted molar refractivity (Wildman–Crippen MR) is 133 cm³/mol. The van der Waals surface area contributed by atoms with Gasteiger partial charge in [-0.1, -0.05) is 46.3 Å². The van der Waals surface area contributed by atoms with Gasteiger partial charge in [0.1, 0.15) is 5.78 Å². The summed E-state index contributed by atoms with van der Waals surface area (Å²) in [6.07, 6.45) is 11.7. The van der Waals surface area contributed by atoms with Gasteiger partial charge in [-0.3, -0.25) is 9.59 Å². The van der Waals surface area contributed by atoms with Crippen LogP contribution in [-0.2, 0) is 9.59 Å². The van der Waals surface area contributed by atoms with Crippen LogP contribution in [0.4, 0.5) is 0 Å². The highest BCUT2D eigenvalue weighted by atomic mass is 16.4. The zero-order valence-electron chi connectivity index (χ0n) is 22.3. The van der Waals surface area contributed by atoms with Gasteiger partial charge in [-0.15, -0.1) is 0 Å². The van der Waals surface area contributed by atoms with Crippen LogP contribution in [0.2, 0.25) is 0 Å². The molecular formula is C30H46O4. The molecule has 0 bridgehead atoms. The summed E-state index contributed by atoms with van der Waals surface area (Å²) in [5, 5.41) is 20.7. The fraction of sp³-hybridized carbons (Fsp3) is 0.867. The Labute approximate surface area is 206 Å². The standard InChI is InChI=1S/C30H46O4/c1-25(2)21-9-12-29(6)22(27(21,4)11-10-23(25)32)8-7-19-20-17-26(3,24(33)34)13-15-30(20,18-31)16-14-28(19,29)5/h7,20-22,31H,8-18H2,1-6H3,(H,33,34)/t20-,21-,22+,26+,27-,28+,29+,30+/m0/s1. The third-order valence-corrected chi connectivity index (χ3v) is 13.2. The number of aliphatic hydroxyl groups is 1. The van der Waals surface area contributed by atoms with E-state index in [-0.39, 0.29) is 39.6 Å². The molecule has 34 heavy (non-hydrogen) atoms. The second-order valence-electron chi connectivity index (χ2n) is 14.6. The third-order valence-electron chi connectivity index (χ3n) is 13.2. The second kappa shape index (κ2) is 7.20. The van der Waals surface area contributed by atoms with Crippen LogP contribution in [0.1, 0.15) is 106 Å². The molecule has 5 aliphatic carbocycles. The molecule has 190 valence electrons. The molecule has 4 heteroatoms. The van der Waals surface area contributed by atoms with Crippen LogP contribution in [0.3, 0.4) is 0 Å². The maximum absolute atomic E-state index is 12.9. The summed E-state index contributed by atoms with van der Waals surface area (Å²) < 4.78 is 0. The van der Waals surface area contributed by atoms with E-state index in [4.69, 9.17) is 0 Å². The van der Waals surface area contributed by atoms with Crippen molar-refractivity contribution in [3.8, 4) is 0 Å². The van der Waals surface area contributed by atoms with Crippen LogP contribution >= 0.6 is 0 Å². The Kier molecular flexibility index (Phi) is 5.20. The number of ketones is 1. The van der Waals surface area contributed by atoms with Crippen molar-refractivity contribution in [1.29, 1.82) is 0 Å². The normalized spacial score (nSPS) is 51.9. The minimum atomic E-state index is -0.711. The number of hydrogen-bond donors (Lipinski definition) is 2. The molecule has 0 amide bonds. The van der Waals surface area contributed by atoms with E-state index in [2.05, 4.69) is 40.7 Å². The minimum absolute atomic E-state index is 0.0234. The van der Waals surface area contributed by atoms with Crippen LogP contribution < -0.4 is 0 Å². The molecule has 0 saturated heterocycles. The number of rotatable bonds is 2. The molecule has 2 N–H and O–H groups in total. The summed E-state index contributed by atoms with van der Waals surface area (Å²) in [5.41, 5.74) is 0.661. The molecular weight excluding hydrogens is 424 g/mol. The number of aliphatic carboxylic acids is 1. The van der Waals surface area contributed by atoms with E-state index in [0.717, 1.165) is 44.9 Å². The van der Waals surface area contributed by atoms with Gasteiger partial charge in [0, 0.05) is 23.9 Å². The number of aliphatic hydroxyl groups excluding tert-OH is 1. The number of Topliss-reactive ketones (excluding diaryl/α,β-unsaturated/α-hetero) is 1. The molecule has 0 heterocycles. The first-order valence-electron chi connectivity index (χ1n) is 13.8. The Balaban J connectivity index is 1.59. The topological polar surface area (TPSA) is 74.6 Å². The first kappa shape index (κ1) is 24.5. The fourth-order valence-corrected chi connectivity index (χ4v) is 10.5. The van der Waals surface area contributed by atoms with Crippen LogP contribution in [0, 0.1) is 50.2 Å². The predicted octanol–water partition coefficient (Wildman–Crippen LogP) is 6.41. The highest BCUT2D eigenvalue weighted by Gasteiger charge is 2.68. The number of carboxylic acids is 1. The first-order chi connectivity index (χ1) is 15.7. The number of carbonyl (C=O) groups excluding carboxylic acids is 1. The average Bonchev–Trinajstić information content (AvgIpc) is 2.77. The Morgan fingerprint density at radius 1 is 0.971 bits per heavy atom. The van der Waals surface area contributed by atoms with Gasteiger partial charge in [-0.2, -0.15) is 0 Å². The van der Waals surface area contributed by atoms with E-state index in [1.165, 1.54) is 5.57 Å². The molecule has 0 aromatic rings. The van der Waals surface area contributed by atoms with Crippen molar-refractivity contribution in [2.24, 2.45) is 50.2 Å². The summed E-state index contributed by atoms with van der Waals surface area (Å²) in [5.74, 6) is 0.879. The molecule has 0 aliphatic heterocycles. The van der Waals surface area contributed by atoms with Gasteiger partial charge in [0.05, 0.1) is 5.41 Å².